The van der Waals surface area contributed by atoms with Gasteiger partial charge in [-0.1, -0.05) is 17.7 Å². The molecule has 2 nitrogen and oxygen atoms in total. The van der Waals surface area contributed by atoms with Gasteiger partial charge in [0.1, 0.15) is 0 Å². The third-order valence-corrected chi connectivity index (χ3v) is 3.47. The minimum atomic E-state index is -4.10. The van der Waals surface area contributed by atoms with E-state index in [0.717, 1.165) is 0 Å². The van der Waals surface area contributed by atoms with E-state index in [1.54, 1.807) is 0 Å². The lowest BCUT2D eigenvalue weighted by Gasteiger charge is -2.22. The summed E-state index contributed by atoms with van der Waals surface area (Å²) in [6.45, 7) is 6.64. The van der Waals surface area contributed by atoms with E-state index in [1.165, 1.54) is 22.3 Å². The maximum absolute atomic E-state index is 12.0. The van der Waals surface area contributed by atoms with Gasteiger partial charge in [-0.05, 0) is 50.9 Å². The molecule has 1 unspecified atom stereocenters. The monoisotopic (exact) mass is 303 g/mol. The van der Waals surface area contributed by atoms with Gasteiger partial charge in [0, 0.05) is 13.0 Å². The highest BCUT2D eigenvalue weighted by Crippen LogP contribution is 2.24. The van der Waals surface area contributed by atoms with Gasteiger partial charge in [0.15, 0.2) is 0 Å². The fraction of sp³-hybridized carbons (Fsp3) is 0.625. The van der Waals surface area contributed by atoms with Crippen molar-refractivity contribution in [2.75, 3.05) is 20.3 Å². The molecule has 5 heteroatoms. The van der Waals surface area contributed by atoms with Gasteiger partial charge in [-0.25, -0.2) is 0 Å². The lowest BCUT2D eigenvalue weighted by atomic mass is 9.94. The second kappa shape index (κ2) is 7.80. The van der Waals surface area contributed by atoms with Crippen LogP contribution in [0.4, 0.5) is 13.2 Å². The van der Waals surface area contributed by atoms with Crippen LogP contribution in [0.25, 0.3) is 0 Å². The van der Waals surface area contributed by atoms with Crippen LogP contribution in [0, 0.1) is 20.8 Å². The second-order valence-electron chi connectivity index (χ2n) is 5.45. The fourth-order valence-corrected chi connectivity index (χ4v) is 2.63. The van der Waals surface area contributed by atoms with Crippen molar-refractivity contribution in [3.63, 3.8) is 0 Å². The maximum Gasteiger partial charge on any atom is 0.389 e. The first kappa shape index (κ1) is 18.0. The first-order valence-corrected chi connectivity index (χ1v) is 7.14. The van der Waals surface area contributed by atoms with Crippen molar-refractivity contribution >= 4 is 0 Å². The first-order chi connectivity index (χ1) is 9.74. The Kier molecular flexibility index (Phi) is 6.68. The molecule has 1 N–H and O–H groups in total. The standard InChI is InChI=1S/C16H24F3NO/c1-11-8-12(2)15(13(3)9-11)14(20-4)10-21-7-5-6-16(17,18)19/h8-9,14,20H,5-7,10H2,1-4H3. The predicted octanol–water partition coefficient (Wildman–Crippen LogP) is 4.23. The van der Waals surface area contributed by atoms with Crippen molar-refractivity contribution in [3.8, 4) is 0 Å². The zero-order valence-corrected chi connectivity index (χ0v) is 13.1. The van der Waals surface area contributed by atoms with Crippen LogP contribution in [0.15, 0.2) is 12.1 Å². The number of hydrogen-bond donors (Lipinski definition) is 1. The number of likely N-dealkylation sites (N-methyl/N-ethyl adjacent to an activating group) is 1. The molecule has 0 saturated carbocycles. The highest BCUT2D eigenvalue weighted by molar-refractivity contribution is 5.39. The highest BCUT2D eigenvalue weighted by atomic mass is 19.4. The summed E-state index contributed by atoms with van der Waals surface area (Å²) >= 11 is 0. The molecule has 0 aromatic heterocycles. The molecule has 21 heavy (non-hydrogen) atoms. The van der Waals surface area contributed by atoms with Gasteiger partial charge in [-0.15, -0.1) is 0 Å². The van der Waals surface area contributed by atoms with E-state index in [4.69, 9.17) is 4.74 Å². The van der Waals surface area contributed by atoms with Gasteiger partial charge in [0.2, 0.25) is 0 Å². The van der Waals surface area contributed by atoms with E-state index in [2.05, 4.69) is 17.4 Å². The van der Waals surface area contributed by atoms with Crippen LogP contribution in [0.2, 0.25) is 0 Å². The van der Waals surface area contributed by atoms with E-state index in [0.29, 0.717) is 6.61 Å². The number of ether oxygens (including phenoxy) is 1. The average Bonchev–Trinajstić information content (AvgIpc) is 2.33. The van der Waals surface area contributed by atoms with E-state index in [9.17, 15) is 13.2 Å². The van der Waals surface area contributed by atoms with E-state index >= 15 is 0 Å². The van der Waals surface area contributed by atoms with Crippen molar-refractivity contribution in [3.05, 3.63) is 34.4 Å². The van der Waals surface area contributed by atoms with Crippen molar-refractivity contribution in [2.24, 2.45) is 0 Å². The Morgan fingerprint density at radius 3 is 2.19 bits per heavy atom. The topological polar surface area (TPSA) is 21.3 Å². The van der Waals surface area contributed by atoms with Crippen LogP contribution in [-0.4, -0.2) is 26.4 Å². The summed E-state index contributed by atoms with van der Waals surface area (Å²) in [4.78, 5) is 0. The smallest absolute Gasteiger partial charge is 0.379 e. The van der Waals surface area contributed by atoms with Crippen molar-refractivity contribution in [1.82, 2.24) is 5.32 Å². The van der Waals surface area contributed by atoms with E-state index in [-0.39, 0.29) is 19.1 Å². The lowest BCUT2D eigenvalue weighted by molar-refractivity contribution is -0.138. The molecule has 0 aliphatic heterocycles. The largest absolute Gasteiger partial charge is 0.389 e. The number of nitrogens with one attached hydrogen (secondary N) is 1. The van der Waals surface area contributed by atoms with Crippen molar-refractivity contribution < 1.29 is 17.9 Å². The van der Waals surface area contributed by atoms with Gasteiger partial charge >= 0.3 is 6.18 Å². The Morgan fingerprint density at radius 2 is 1.71 bits per heavy atom. The molecular weight excluding hydrogens is 279 g/mol. The van der Waals surface area contributed by atoms with Gasteiger partial charge in [0.25, 0.3) is 0 Å². The summed E-state index contributed by atoms with van der Waals surface area (Å²) in [6, 6.07) is 4.21. The molecule has 1 atom stereocenters. The summed E-state index contributed by atoms with van der Waals surface area (Å²) in [5, 5.41) is 3.18. The number of aryl methyl sites for hydroxylation is 3. The second-order valence-corrected chi connectivity index (χ2v) is 5.45. The van der Waals surface area contributed by atoms with Crippen molar-refractivity contribution in [1.29, 1.82) is 0 Å². The summed E-state index contributed by atoms with van der Waals surface area (Å²) in [5.41, 5.74) is 4.71. The molecule has 120 valence electrons. The van der Waals surface area contributed by atoms with Crippen LogP contribution in [0.3, 0.4) is 0 Å². The molecule has 0 saturated heterocycles. The molecule has 0 amide bonds. The number of alkyl halides is 3. The Balaban J connectivity index is 2.56. The van der Waals surface area contributed by atoms with Gasteiger partial charge in [0.05, 0.1) is 12.6 Å². The Labute approximate surface area is 124 Å². The SMILES string of the molecule is CNC(COCCCC(F)(F)F)c1c(C)cc(C)cc1C. The van der Waals surface area contributed by atoms with Crippen LogP contribution >= 0.6 is 0 Å². The summed E-state index contributed by atoms with van der Waals surface area (Å²) < 4.78 is 41.6. The molecule has 1 aromatic rings. The number of rotatable bonds is 7. The van der Waals surface area contributed by atoms with Crippen LogP contribution in [0.5, 0.6) is 0 Å². The molecule has 0 aliphatic carbocycles. The zero-order chi connectivity index (χ0) is 16.0. The summed E-state index contributed by atoms with van der Waals surface area (Å²) in [7, 11) is 1.84. The van der Waals surface area contributed by atoms with Gasteiger partial charge < -0.3 is 10.1 Å². The molecule has 0 fully saturated rings. The zero-order valence-electron chi connectivity index (χ0n) is 13.1. The Morgan fingerprint density at radius 1 is 1.14 bits per heavy atom. The van der Waals surface area contributed by atoms with Crippen LogP contribution in [0.1, 0.15) is 41.1 Å². The highest BCUT2D eigenvalue weighted by Gasteiger charge is 2.26. The molecule has 0 radical (unpaired) electrons. The molecule has 0 heterocycles. The molecule has 0 spiro atoms. The summed E-state index contributed by atoms with van der Waals surface area (Å²) in [5.74, 6) is 0. The van der Waals surface area contributed by atoms with Gasteiger partial charge in [-0.2, -0.15) is 13.2 Å². The Hall–Kier alpha value is -1.07. The van der Waals surface area contributed by atoms with Gasteiger partial charge in [-0.3, -0.25) is 0 Å². The third kappa shape index (κ3) is 6.06. The maximum atomic E-state index is 12.0. The minimum absolute atomic E-state index is 0.00325. The third-order valence-electron chi connectivity index (χ3n) is 3.47. The quantitative estimate of drug-likeness (QED) is 0.761. The van der Waals surface area contributed by atoms with Crippen LogP contribution < -0.4 is 5.32 Å². The predicted molar refractivity (Wildman–Crippen MR) is 78.6 cm³/mol. The van der Waals surface area contributed by atoms with E-state index in [1.807, 2.05) is 27.8 Å². The number of halogens is 3. The van der Waals surface area contributed by atoms with E-state index < -0.39 is 12.6 Å². The molecule has 0 aliphatic rings. The molecular formula is C16H24F3NO. The first-order valence-electron chi connectivity index (χ1n) is 7.14. The lowest BCUT2D eigenvalue weighted by Crippen LogP contribution is -2.24. The number of benzene rings is 1. The summed E-state index contributed by atoms with van der Waals surface area (Å²) in [6.07, 6.45) is -4.89. The molecule has 1 aromatic carbocycles. The minimum Gasteiger partial charge on any atom is -0.379 e. The van der Waals surface area contributed by atoms with Crippen molar-refractivity contribution in [2.45, 2.75) is 45.8 Å². The average molecular weight is 303 g/mol. The van der Waals surface area contributed by atoms with Crippen LogP contribution in [-0.2, 0) is 4.74 Å². The Bertz CT molecular complexity index is 434. The molecule has 1 rings (SSSR count). The molecule has 0 bridgehead atoms. The normalized spacial score (nSPS) is 13.5. The number of hydrogen-bond acceptors (Lipinski definition) is 2. The fourth-order valence-electron chi connectivity index (χ4n) is 2.63.